The van der Waals surface area contributed by atoms with Crippen molar-refractivity contribution >= 4 is 11.8 Å². The zero-order chi connectivity index (χ0) is 16.0. The van der Waals surface area contributed by atoms with Gasteiger partial charge in [-0.15, -0.1) is 0 Å². The Kier molecular flexibility index (Phi) is 5.31. The van der Waals surface area contributed by atoms with Crippen molar-refractivity contribution in [3.8, 4) is 0 Å². The van der Waals surface area contributed by atoms with Crippen molar-refractivity contribution in [1.29, 1.82) is 0 Å². The van der Waals surface area contributed by atoms with Gasteiger partial charge in [-0.1, -0.05) is 19.1 Å². The third kappa shape index (κ3) is 4.16. The molecule has 2 amide bonds. The van der Waals surface area contributed by atoms with Crippen LogP contribution < -0.4 is 10.6 Å². The van der Waals surface area contributed by atoms with Gasteiger partial charge < -0.3 is 10.6 Å². The monoisotopic (exact) mass is 304 g/mol. The molecule has 1 atom stereocenters. The molecular formula is C17H21FN2O2. The molecule has 118 valence electrons. The smallest absolute Gasteiger partial charge is 0.251 e. The number of allylic oxidation sites excluding steroid dienone is 2. The van der Waals surface area contributed by atoms with Gasteiger partial charge in [0.1, 0.15) is 5.82 Å². The molecule has 2 rings (SSSR count). The molecule has 1 aromatic carbocycles. The molecule has 0 bridgehead atoms. The van der Waals surface area contributed by atoms with Gasteiger partial charge in [0.25, 0.3) is 5.91 Å². The third-order valence-corrected chi connectivity index (χ3v) is 3.95. The fourth-order valence-corrected chi connectivity index (χ4v) is 2.44. The number of hydrogen-bond donors (Lipinski definition) is 2. The molecular weight excluding hydrogens is 283 g/mol. The fraction of sp³-hybridized carbons (Fsp3) is 0.412. The van der Waals surface area contributed by atoms with Crippen LogP contribution in [0.5, 0.6) is 0 Å². The maximum atomic E-state index is 12.8. The molecule has 0 aliphatic heterocycles. The van der Waals surface area contributed by atoms with Gasteiger partial charge in [0, 0.05) is 18.7 Å². The third-order valence-electron chi connectivity index (χ3n) is 3.95. The summed E-state index contributed by atoms with van der Waals surface area (Å²) < 4.78 is 12.8. The molecule has 1 aromatic rings. The molecule has 0 radical (unpaired) electrons. The van der Waals surface area contributed by atoms with Gasteiger partial charge in [0.15, 0.2) is 0 Å². The van der Waals surface area contributed by atoms with Gasteiger partial charge in [-0.25, -0.2) is 4.39 Å². The summed E-state index contributed by atoms with van der Waals surface area (Å²) in [5.74, 6) is -0.632. The highest BCUT2D eigenvalue weighted by molar-refractivity contribution is 5.94. The Hall–Kier alpha value is -2.17. The summed E-state index contributed by atoms with van der Waals surface area (Å²) in [4.78, 5) is 24.0. The van der Waals surface area contributed by atoms with Crippen LogP contribution in [0.1, 0.15) is 36.5 Å². The second kappa shape index (κ2) is 7.20. The highest BCUT2D eigenvalue weighted by Crippen LogP contribution is 2.31. The quantitative estimate of drug-likeness (QED) is 0.648. The molecule has 2 N–H and O–H groups in total. The van der Waals surface area contributed by atoms with Crippen molar-refractivity contribution < 1.29 is 14.0 Å². The van der Waals surface area contributed by atoms with E-state index in [2.05, 4.69) is 16.7 Å². The van der Waals surface area contributed by atoms with Crippen molar-refractivity contribution in [3.63, 3.8) is 0 Å². The molecule has 1 aliphatic rings. The van der Waals surface area contributed by atoms with Crippen molar-refractivity contribution in [2.45, 2.75) is 26.2 Å². The predicted molar refractivity (Wildman–Crippen MR) is 82.8 cm³/mol. The first-order chi connectivity index (χ1) is 10.5. The number of hydrogen-bond acceptors (Lipinski definition) is 2. The van der Waals surface area contributed by atoms with E-state index in [4.69, 9.17) is 0 Å². The summed E-state index contributed by atoms with van der Waals surface area (Å²) in [6, 6.07) is 5.35. The highest BCUT2D eigenvalue weighted by Gasteiger charge is 2.32. The van der Waals surface area contributed by atoms with Crippen LogP contribution in [-0.4, -0.2) is 24.9 Å². The van der Waals surface area contributed by atoms with Crippen LogP contribution in [0.4, 0.5) is 4.39 Å². The van der Waals surface area contributed by atoms with Crippen LogP contribution in [-0.2, 0) is 4.79 Å². The number of nitrogens with one attached hydrogen (secondary N) is 2. The minimum absolute atomic E-state index is 0.0212. The predicted octanol–water partition coefficient (Wildman–Crippen LogP) is 2.42. The van der Waals surface area contributed by atoms with Crippen molar-refractivity contribution in [3.05, 3.63) is 47.8 Å². The lowest BCUT2D eigenvalue weighted by molar-refractivity contribution is -0.130. The molecule has 0 fully saturated rings. The Morgan fingerprint density at radius 3 is 2.45 bits per heavy atom. The van der Waals surface area contributed by atoms with Crippen LogP contribution in [0.25, 0.3) is 0 Å². The lowest BCUT2D eigenvalue weighted by Gasteiger charge is -2.29. The van der Waals surface area contributed by atoms with E-state index in [1.165, 1.54) is 24.3 Å². The standard InChI is InChI=1S/C17H21FN2O2/c1-17(9-3-2-4-10-17)16(22)20-12-11-19-15(21)13-5-7-14(18)8-6-13/h2-3,5-8H,4,9-12H2,1H3,(H,19,21)(H,20,22)/t17-/m1/s1. The summed E-state index contributed by atoms with van der Waals surface area (Å²) in [5.41, 5.74) is 0.0486. The topological polar surface area (TPSA) is 58.2 Å². The molecule has 5 heteroatoms. The maximum absolute atomic E-state index is 12.8. The Morgan fingerprint density at radius 1 is 1.14 bits per heavy atom. The number of halogens is 1. The number of benzene rings is 1. The van der Waals surface area contributed by atoms with Gasteiger partial charge in [0.05, 0.1) is 5.41 Å². The SMILES string of the molecule is C[C@@]1(C(=O)NCCNC(=O)c2ccc(F)cc2)CC=CCC1. The fourth-order valence-electron chi connectivity index (χ4n) is 2.44. The van der Waals surface area contributed by atoms with Crippen LogP contribution >= 0.6 is 0 Å². The van der Waals surface area contributed by atoms with Gasteiger partial charge in [-0.3, -0.25) is 9.59 Å². The number of carbonyl (C=O) groups excluding carboxylic acids is 2. The van der Waals surface area contributed by atoms with Crippen LogP contribution in [0.2, 0.25) is 0 Å². The van der Waals surface area contributed by atoms with E-state index in [1.54, 1.807) is 0 Å². The van der Waals surface area contributed by atoms with Gasteiger partial charge in [-0.05, 0) is 43.5 Å². The second-order valence-electron chi connectivity index (χ2n) is 5.79. The van der Waals surface area contributed by atoms with Crippen LogP contribution in [0, 0.1) is 11.2 Å². The van der Waals surface area contributed by atoms with Gasteiger partial charge >= 0.3 is 0 Å². The van der Waals surface area contributed by atoms with E-state index in [0.29, 0.717) is 18.7 Å². The zero-order valence-electron chi connectivity index (χ0n) is 12.7. The zero-order valence-corrected chi connectivity index (χ0v) is 12.7. The van der Waals surface area contributed by atoms with Crippen molar-refractivity contribution in [2.24, 2.45) is 5.41 Å². The van der Waals surface area contributed by atoms with Crippen molar-refractivity contribution in [2.75, 3.05) is 13.1 Å². The van der Waals surface area contributed by atoms with Gasteiger partial charge in [-0.2, -0.15) is 0 Å². The summed E-state index contributed by atoms with van der Waals surface area (Å²) in [7, 11) is 0. The minimum Gasteiger partial charge on any atom is -0.354 e. The van der Waals surface area contributed by atoms with Gasteiger partial charge in [0.2, 0.25) is 5.91 Å². The summed E-state index contributed by atoms with van der Waals surface area (Å²) in [6.07, 6.45) is 6.65. The Balaban J connectivity index is 1.72. The van der Waals surface area contributed by atoms with E-state index in [0.717, 1.165) is 19.3 Å². The molecule has 0 unspecified atom stereocenters. The molecule has 0 spiro atoms. The lowest BCUT2D eigenvalue weighted by atomic mass is 9.78. The average Bonchev–Trinajstić information content (AvgIpc) is 2.52. The Bertz CT molecular complexity index is 569. The average molecular weight is 304 g/mol. The summed E-state index contributed by atoms with van der Waals surface area (Å²) in [6.45, 7) is 2.68. The van der Waals surface area contributed by atoms with E-state index >= 15 is 0 Å². The number of amides is 2. The van der Waals surface area contributed by atoms with E-state index < -0.39 is 0 Å². The molecule has 22 heavy (non-hydrogen) atoms. The Morgan fingerprint density at radius 2 is 1.82 bits per heavy atom. The van der Waals surface area contributed by atoms with Crippen molar-refractivity contribution in [1.82, 2.24) is 10.6 Å². The first-order valence-electron chi connectivity index (χ1n) is 7.48. The minimum atomic E-state index is -0.376. The molecule has 4 nitrogen and oxygen atoms in total. The molecule has 0 heterocycles. The molecule has 0 saturated carbocycles. The lowest BCUT2D eigenvalue weighted by Crippen LogP contribution is -2.42. The highest BCUT2D eigenvalue weighted by atomic mass is 19.1. The molecule has 1 aliphatic carbocycles. The van der Waals surface area contributed by atoms with Crippen LogP contribution in [0.15, 0.2) is 36.4 Å². The van der Waals surface area contributed by atoms with Crippen LogP contribution in [0.3, 0.4) is 0 Å². The van der Waals surface area contributed by atoms with E-state index in [-0.39, 0.29) is 23.0 Å². The first-order valence-corrected chi connectivity index (χ1v) is 7.48. The first kappa shape index (κ1) is 16.2. The summed E-state index contributed by atoms with van der Waals surface area (Å²) in [5, 5.41) is 5.56. The van der Waals surface area contributed by atoms with E-state index in [1.807, 2.05) is 13.0 Å². The largest absolute Gasteiger partial charge is 0.354 e. The number of rotatable bonds is 5. The second-order valence-corrected chi connectivity index (χ2v) is 5.79. The molecule has 0 saturated heterocycles. The normalized spacial score (nSPS) is 20.5. The van der Waals surface area contributed by atoms with E-state index in [9.17, 15) is 14.0 Å². The Labute approximate surface area is 129 Å². The maximum Gasteiger partial charge on any atom is 0.251 e. The molecule has 0 aromatic heterocycles. The summed E-state index contributed by atoms with van der Waals surface area (Å²) >= 11 is 0. The number of carbonyl (C=O) groups is 2.